The second-order valence-corrected chi connectivity index (χ2v) is 6.04. The second-order valence-electron chi connectivity index (χ2n) is 6.04. The largest absolute Gasteiger partial charge is 0.465 e. The van der Waals surface area contributed by atoms with Crippen molar-refractivity contribution in [2.75, 3.05) is 13.7 Å². The number of benzene rings is 1. The van der Waals surface area contributed by atoms with Crippen LogP contribution in [0, 0.1) is 0 Å². The van der Waals surface area contributed by atoms with Crippen molar-refractivity contribution in [2.45, 2.75) is 26.7 Å². The Kier molecular flexibility index (Phi) is 5.39. The predicted octanol–water partition coefficient (Wildman–Crippen LogP) is 3.67. The Labute approximate surface area is 143 Å². The summed E-state index contributed by atoms with van der Waals surface area (Å²) in [5.74, 6) is -0.270. The molecule has 4 nitrogen and oxygen atoms in total. The van der Waals surface area contributed by atoms with Gasteiger partial charge in [0.15, 0.2) is 0 Å². The molecule has 2 rings (SSSR count). The Morgan fingerprint density at radius 2 is 1.92 bits per heavy atom. The molecule has 0 unspecified atom stereocenters. The van der Waals surface area contributed by atoms with Gasteiger partial charge >= 0.3 is 5.97 Å². The molecule has 4 heteroatoms. The van der Waals surface area contributed by atoms with Crippen molar-refractivity contribution < 1.29 is 14.3 Å². The van der Waals surface area contributed by atoms with Crippen molar-refractivity contribution in [3.63, 3.8) is 0 Å². The number of hydrogen-bond acceptors (Lipinski definition) is 3. The van der Waals surface area contributed by atoms with Gasteiger partial charge in [-0.15, -0.1) is 6.58 Å². The zero-order valence-electron chi connectivity index (χ0n) is 14.6. The minimum atomic E-state index is -0.502. The summed E-state index contributed by atoms with van der Waals surface area (Å²) in [4.78, 5) is 26.4. The number of allylic oxidation sites excluding steroid dienone is 1. The SMILES string of the molecule is C=CCN1C(=O)/C(=C\c2ccc(C(C)C)cc2)C(C(=O)OC)=C1C. The van der Waals surface area contributed by atoms with Crippen molar-refractivity contribution in [1.82, 2.24) is 4.90 Å². The van der Waals surface area contributed by atoms with Crippen LogP contribution in [-0.4, -0.2) is 30.4 Å². The molecule has 1 aliphatic rings. The number of carbonyl (C=O) groups excluding carboxylic acids is 2. The van der Waals surface area contributed by atoms with Gasteiger partial charge in [0.1, 0.15) is 0 Å². The van der Waals surface area contributed by atoms with Crippen molar-refractivity contribution >= 4 is 18.0 Å². The van der Waals surface area contributed by atoms with Crippen LogP contribution < -0.4 is 0 Å². The van der Waals surface area contributed by atoms with Crippen LogP contribution in [0.2, 0.25) is 0 Å². The highest BCUT2D eigenvalue weighted by molar-refractivity contribution is 6.16. The van der Waals surface area contributed by atoms with Gasteiger partial charge in [-0.25, -0.2) is 4.79 Å². The van der Waals surface area contributed by atoms with Gasteiger partial charge in [-0.3, -0.25) is 4.79 Å². The lowest BCUT2D eigenvalue weighted by molar-refractivity contribution is -0.136. The van der Waals surface area contributed by atoms with Crippen LogP contribution in [0.25, 0.3) is 6.08 Å². The average molecular weight is 325 g/mol. The van der Waals surface area contributed by atoms with Gasteiger partial charge in [-0.2, -0.15) is 0 Å². The normalized spacial score (nSPS) is 16.3. The van der Waals surface area contributed by atoms with Crippen LogP contribution >= 0.6 is 0 Å². The van der Waals surface area contributed by atoms with Gasteiger partial charge in [0, 0.05) is 12.2 Å². The molecule has 126 valence electrons. The zero-order chi connectivity index (χ0) is 17.9. The molecule has 0 spiro atoms. The van der Waals surface area contributed by atoms with E-state index in [0.717, 1.165) is 5.56 Å². The molecule has 1 amide bonds. The highest BCUT2D eigenvalue weighted by Crippen LogP contribution is 2.31. The molecule has 0 bridgehead atoms. The molecule has 24 heavy (non-hydrogen) atoms. The van der Waals surface area contributed by atoms with Crippen molar-refractivity contribution in [2.24, 2.45) is 0 Å². The average Bonchev–Trinajstić information content (AvgIpc) is 2.79. The maximum atomic E-state index is 12.7. The standard InChI is InChI=1S/C20H23NO3/c1-6-11-21-14(4)18(20(23)24-5)17(19(21)22)12-15-7-9-16(10-8-15)13(2)3/h6-10,12-13H,1,11H2,2-5H3/b17-12-. The lowest BCUT2D eigenvalue weighted by Gasteiger charge is -2.14. The van der Waals surface area contributed by atoms with Crippen molar-refractivity contribution in [1.29, 1.82) is 0 Å². The zero-order valence-corrected chi connectivity index (χ0v) is 14.6. The first-order chi connectivity index (χ1) is 11.4. The summed E-state index contributed by atoms with van der Waals surface area (Å²) >= 11 is 0. The summed E-state index contributed by atoms with van der Waals surface area (Å²) in [7, 11) is 1.32. The maximum Gasteiger partial charge on any atom is 0.340 e. The molecule has 1 heterocycles. The fourth-order valence-electron chi connectivity index (χ4n) is 2.72. The Hall–Kier alpha value is -2.62. The number of carbonyl (C=O) groups is 2. The van der Waals surface area contributed by atoms with Gasteiger partial charge in [0.05, 0.1) is 18.3 Å². The van der Waals surface area contributed by atoms with E-state index in [0.29, 0.717) is 29.3 Å². The van der Waals surface area contributed by atoms with E-state index in [2.05, 4.69) is 20.4 Å². The highest BCUT2D eigenvalue weighted by Gasteiger charge is 2.36. The molecule has 0 aromatic heterocycles. The minimum absolute atomic E-state index is 0.208. The molecule has 0 aliphatic carbocycles. The Morgan fingerprint density at radius 1 is 1.29 bits per heavy atom. The monoisotopic (exact) mass is 325 g/mol. The summed E-state index contributed by atoms with van der Waals surface area (Å²) in [6, 6.07) is 7.98. The first-order valence-electron chi connectivity index (χ1n) is 7.94. The number of esters is 1. The van der Waals surface area contributed by atoms with E-state index in [1.54, 1.807) is 19.1 Å². The van der Waals surface area contributed by atoms with Gasteiger partial charge in [0.2, 0.25) is 0 Å². The first-order valence-corrected chi connectivity index (χ1v) is 7.94. The summed E-state index contributed by atoms with van der Waals surface area (Å²) in [6.45, 7) is 10.0. The summed E-state index contributed by atoms with van der Waals surface area (Å²) in [5, 5.41) is 0. The summed E-state index contributed by atoms with van der Waals surface area (Å²) < 4.78 is 4.86. The van der Waals surface area contributed by atoms with Gasteiger partial charge < -0.3 is 9.64 Å². The van der Waals surface area contributed by atoms with Crippen molar-refractivity contribution in [3.05, 3.63) is 64.9 Å². The fourth-order valence-corrected chi connectivity index (χ4v) is 2.72. The van der Waals surface area contributed by atoms with Crippen LogP contribution in [-0.2, 0) is 14.3 Å². The molecular formula is C20H23NO3. The molecule has 0 saturated carbocycles. The second kappa shape index (κ2) is 7.30. The number of nitrogens with zero attached hydrogens (tertiary/aromatic N) is 1. The fraction of sp³-hybridized carbons (Fsp3) is 0.300. The number of hydrogen-bond donors (Lipinski definition) is 0. The molecule has 0 atom stereocenters. The molecule has 0 radical (unpaired) electrons. The van der Waals surface area contributed by atoms with Crippen molar-refractivity contribution in [3.8, 4) is 0 Å². The topological polar surface area (TPSA) is 46.6 Å². The van der Waals surface area contributed by atoms with Crippen LogP contribution in [0.4, 0.5) is 0 Å². The Balaban J connectivity index is 2.47. The predicted molar refractivity (Wildman–Crippen MR) is 95.1 cm³/mol. The van der Waals surface area contributed by atoms with E-state index in [9.17, 15) is 9.59 Å². The number of amides is 1. The lowest BCUT2D eigenvalue weighted by Crippen LogP contribution is -2.24. The van der Waals surface area contributed by atoms with Gasteiger partial charge in [0.25, 0.3) is 5.91 Å². The summed E-state index contributed by atoms with van der Waals surface area (Å²) in [5.41, 5.74) is 3.37. The van der Waals surface area contributed by atoms with E-state index in [4.69, 9.17) is 4.74 Å². The Morgan fingerprint density at radius 3 is 2.42 bits per heavy atom. The number of methoxy groups -OCH3 is 1. The van der Waals surface area contributed by atoms with E-state index in [1.807, 2.05) is 24.3 Å². The maximum absolute atomic E-state index is 12.7. The molecule has 0 N–H and O–H groups in total. The minimum Gasteiger partial charge on any atom is -0.465 e. The first kappa shape index (κ1) is 17.7. The third-order valence-corrected chi connectivity index (χ3v) is 4.13. The Bertz CT molecular complexity index is 724. The quantitative estimate of drug-likeness (QED) is 0.471. The van der Waals surface area contributed by atoms with E-state index in [1.165, 1.54) is 17.6 Å². The van der Waals surface area contributed by atoms with Crippen LogP contribution in [0.3, 0.4) is 0 Å². The van der Waals surface area contributed by atoms with Crippen LogP contribution in [0.1, 0.15) is 37.8 Å². The van der Waals surface area contributed by atoms with Gasteiger partial charge in [-0.1, -0.05) is 44.2 Å². The smallest absolute Gasteiger partial charge is 0.340 e. The molecule has 1 aromatic rings. The lowest BCUT2D eigenvalue weighted by atomic mass is 9.99. The number of rotatable bonds is 5. The van der Waals surface area contributed by atoms with Gasteiger partial charge in [-0.05, 0) is 30.0 Å². The molecular weight excluding hydrogens is 302 g/mol. The third-order valence-electron chi connectivity index (χ3n) is 4.13. The number of ether oxygens (including phenoxy) is 1. The molecule has 0 fully saturated rings. The van der Waals surface area contributed by atoms with E-state index < -0.39 is 5.97 Å². The summed E-state index contributed by atoms with van der Waals surface area (Å²) in [6.07, 6.45) is 3.38. The molecule has 1 aliphatic heterocycles. The third kappa shape index (κ3) is 3.32. The van der Waals surface area contributed by atoms with E-state index in [-0.39, 0.29) is 5.91 Å². The van der Waals surface area contributed by atoms with E-state index >= 15 is 0 Å². The molecule has 1 aromatic carbocycles. The molecule has 0 saturated heterocycles. The van der Waals surface area contributed by atoms with Crippen LogP contribution in [0.5, 0.6) is 0 Å². The highest BCUT2D eigenvalue weighted by atomic mass is 16.5. The van der Waals surface area contributed by atoms with Crippen LogP contribution in [0.15, 0.2) is 53.8 Å².